The first-order valence-corrected chi connectivity index (χ1v) is 6.51. The van der Waals surface area contributed by atoms with Gasteiger partial charge in [-0.3, -0.25) is 4.79 Å². The molecule has 0 unspecified atom stereocenters. The first kappa shape index (κ1) is 15.1. The van der Waals surface area contributed by atoms with Crippen molar-refractivity contribution in [3.8, 4) is 0 Å². The topological polar surface area (TPSA) is 54.5 Å². The summed E-state index contributed by atoms with van der Waals surface area (Å²) in [6, 6.07) is 3.36. The average Bonchev–Trinajstić information content (AvgIpc) is 2.33. The third-order valence-electron chi connectivity index (χ3n) is 2.20. The van der Waals surface area contributed by atoms with Crippen molar-refractivity contribution < 1.29 is 9.53 Å². The molecular weight excluding hydrogens is 298 g/mol. The SMILES string of the molecule is CN(C)CCOCCNC(=O)c1ccnc(Br)c1. The normalized spacial score (nSPS) is 10.7. The van der Waals surface area contributed by atoms with Crippen molar-refractivity contribution in [3.63, 3.8) is 0 Å². The van der Waals surface area contributed by atoms with E-state index in [4.69, 9.17) is 4.74 Å². The zero-order chi connectivity index (χ0) is 13.4. The molecule has 5 nitrogen and oxygen atoms in total. The lowest BCUT2D eigenvalue weighted by atomic mass is 10.2. The minimum atomic E-state index is -0.116. The van der Waals surface area contributed by atoms with Gasteiger partial charge in [0, 0.05) is 24.8 Å². The Kier molecular flexibility index (Phi) is 6.85. The fraction of sp³-hybridized carbons (Fsp3) is 0.500. The summed E-state index contributed by atoms with van der Waals surface area (Å²) in [6.45, 7) is 2.58. The Hall–Kier alpha value is -0.980. The van der Waals surface area contributed by atoms with Crippen molar-refractivity contribution in [3.05, 3.63) is 28.5 Å². The highest BCUT2D eigenvalue weighted by Gasteiger charge is 2.04. The Balaban J connectivity index is 2.18. The number of ether oxygens (including phenoxy) is 1. The lowest BCUT2D eigenvalue weighted by Crippen LogP contribution is -2.28. The second-order valence-corrected chi connectivity index (χ2v) is 4.85. The zero-order valence-electron chi connectivity index (χ0n) is 10.6. The van der Waals surface area contributed by atoms with E-state index in [0.29, 0.717) is 29.9 Å². The molecule has 18 heavy (non-hydrogen) atoms. The minimum Gasteiger partial charge on any atom is -0.378 e. The highest BCUT2D eigenvalue weighted by molar-refractivity contribution is 9.10. The van der Waals surface area contributed by atoms with Gasteiger partial charge in [0.2, 0.25) is 0 Å². The summed E-state index contributed by atoms with van der Waals surface area (Å²) in [5.41, 5.74) is 0.588. The van der Waals surface area contributed by atoms with E-state index < -0.39 is 0 Å². The molecule has 1 N–H and O–H groups in total. The van der Waals surface area contributed by atoms with E-state index in [1.807, 2.05) is 19.0 Å². The van der Waals surface area contributed by atoms with Crippen LogP contribution in [0.5, 0.6) is 0 Å². The Morgan fingerprint density at radius 1 is 1.50 bits per heavy atom. The Morgan fingerprint density at radius 2 is 2.28 bits per heavy atom. The largest absolute Gasteiger partial charge is 0.378 e. The first-order valence-electron chi connectivity index (χ1n) is 5.72. The number of aromatic nitrogens is 1. The van der Waals surface area contributed by atoms with Gasteiger partial charge in [-0.25, -0.2) is 4.98 Å². The van der Waals surface area contributed by atoms with E-state index in [-0.39, 0.29) is 5.91 Å². The number of carbonyl (C=O) groups excluding carboxylic acids is 1. The molecule has 0 aliphatic carbocycles. The lowest BCUT2D eigenvalue weighted by molar-refractivity contribution is 0.0900. The summed E-state index contributed by atoms with van der Waals surface area (Å²) >= 11 is 3.23. The van der Waals surface area contributed by atoms with Crippen LogP contribution in [0.15, 0.2) is 22.9 Å². The van der Waals surface area contributed by atoms with Crippen LogP contribution in [0, 0.1) is 0 Å². The van der Waals surface area contributed by atoms with Crippen molar-refractivity contribution in [1.29, 1.82) is 0 Å². The lowest BCUT2D eigenvalue weighted by Gasteiger charge is -2.10. The van der Waals surface area contributed by atoms with Gasteiger partial charge in [-0.1, -0.05) is 0 Å². The smallest absolute Gasteiger partial charge is 0.251 e. The second-order valence-electron chi connectivity index (χ2n) is 4.04. The summed E-state index contributed by atoms with van der Waals surface area (Å²) in [4.78, 5) is 17.7. The van der Waals surface area contributed by atoms with Crippen LogP contribution in [0.4, 0.5) is 0 Å². The van der Waals surface area contributed by atoms with Gasteiger partial charge in [-0.15, -0.1) is 0 Å². The number of carbonyl (C=O) groups is 1. The predicted octanol–water partition coefficient (Wildman–Crippen LogP) is 1.15. The zero-order valence-corrected chi connectivity index (χ0v) is 12.2. The highest BCUT2D eigenvalue weighted by atomic mass is 79.9. The Morgan fingerprint density at radius 3 is 2.94 bits per heavy atom. The van der Waals surface area contributed by atoms with E-state index >= 15 is 0 Å². The molecule has 100 valence electrons. The maximum absolute atomic E-state index is 11.7. The molecule has 1 aromatic heterocycles. The number of rotatable bonds is 7. The van der Waals surface area contributed by atoms with Gasteiger partial charge in [0.25, 0.3) is 5.91 Å². The summed E-state index contributed by atoms with van der Waals surface area (Å²) in [5.74, 6) is -0.116. The molecule has 0 aliphatic rings. The molecule has 0 aliphatic heterocycles. The summed E-state index contributed by atoms with van der Waals surface area (Å²) in [7, 11) is 3.98. The number of nitrogens with zero attached hydrogens (tertiary/aromatic N) is 2. The number of pyridine rings is 1. The van der Waals surface area contributed by atoms with E-state index in [1.165, 1.54) is 0 Å². The van der Waals surface area contributed by atoms with Gasteiger partial charge in [-0.05, 0) is 42.2 Å². The van der Waals surface area contributed by atoms with Gasteiger partial charge in [0.05, 0.1) is 13.2 Å². The van der Waals surface area contributed by atoms with E-state index in [1.54, 1.807) is 18.3 Å². The van der Waals surface area contributed by atoms with Crippen LogP contribution >= 0.6 is 15.9 Å². The molecule has 1 amide bonds. The van der Waals surface area contributed by atoms with E-state index in [9.17, 15) is 4.79 Å². The molecule has 1 heterocycles. The molecule has 0 saturated carbocycles. The van der Waals surface area contributed by atoms with Gasteiger partial charge in [-0.2, -0.15) is 0 Å². The molecule has 0 saturated heterocycles. The van der Waals surface area contributed by atoms with Crippen LogP contribution in [0.3, 0.4) is 0 Å². The molecule has 0 bridgehead atoms. The van der Waals surface area contributed by atoms with Crippen molar-refractivity contribution in [2.24, 2.45) is 0 Å². The molecular formula is C12H18BrN3O2. The number of nitrogens with one attached hydrogen (secondary N) is 1. The van der Waals surface area contributed by atoms with Crippen LogP contribution < -0.4 is 5.32 Å². The fourth-order valence-corrected chi connectivity index (χ4v) is 1.60. The second kappa shape index (κ2) is 8.18. The third-order valence-corrected chi connectivity index (χ3v) is 2.64. The highest BCUT2D eigenvalue weighted by Crippen LogP contribution is 2.07. The van der Waals surface area contributed by atoms with Gasteiger partial charge >= 0.3 is 0 Å². The van der Waals surface area contributed by atoms with Crippen LogP contribution in [0.1, 0.15) is 10.4 Å². The van der Waals surface area contributed by atoms with Crippen molar-refractivity contribution in [2.75, 3.05) is 40.4 Å². The molecule has 1 aromatic rings. The maximum atomic E-state index is 11.7. The van der Waals surface area contributed by atoms with Crippen molar-refractivity contribution >= 4 is 21.8 Å². The van der Waals surface area contributed by atoms with E-state index in [2.05, 4.69) is 26.2 Å². The number of hydrogen-bond donors (Lipinski definition) is 1. The molecule has 0 spiro atoms. The summed E-state index contributed by atoms with van der Waals surface area (Å²) in [5, 5.41) is 2.79. The maximum Gasteiger partial charge on any atom is 0.251 e. The van der Waals surface area contributed by atoms with E-state index in [0.717, 1.165) is 6.54 Å². The monoisotopic (exact) mass is 315 g/mol. The van der Waals surface area contributed by atoms with Gasteiger partial charge < -0.3 is 15.0 Å². The number of likely N-dealkylation sites (N-methyl/N-ethyl adjacent to an activating group) is 1. The minimum absolute atomic E-state index is 0.116. The van der Waals surface area contributed by atoms with Gasteiger partial charge in [0.1, 0.15) is 4.60 Å². The van der Waals surface area contributed by atoms with Crippen LogP contribution in [0.2, 0.25) is 0 Å². The van der Waals surface area contributed by atoms with Crippen LogP contribution in [-0.4, -0.2) is 56.2 Å². The first-order chi connectivity index (χ1) is 8.59. The molecule has 6 heteroatoms. The van der Waals surface area contributed by atoms with Gasteiger partial charge in [0.15, 0.2) is 0 Å². The van der Waals surface area contributed by atoms with Crippen LogP contribution in [0.25, 0.3) is 0 Å². The fourth-order valence-electron chi connectivity index (χ4n) is 1.23. The summed E-state index contributed by atoms with van der Waals surface area (Å²) < 4.78 is 6.03. The summed E-state index contributed by atoms with van der Waals surface area (Å²) in [6.07, 6.45) is 1.59. The predicted molar refractivity (Wildman–Crippen MR) is 73.6 cm³/mol. The number of halogens is 1. The number of hydrogen-bond acceptors (Lipinski definition) is 4. The quantitative estimate of drug-likeness (QED) is 0.606. The van der Waals surface area contributed by atoms with Crippen molar-refractivity contribution in [1.82, 2.24) is 15.2 Å². The van der Waals surface area contributed by atoms with Crippen molar-refractivity contribution in [2.45, 2.75) is 0 Å². The third kappa shape index (κ3) is 6.09. The Labute approximate surface area is 116 Å². The number of amides is 1. The standard InChI is InChI=1S/C12H18BrN3O2/c1-16(2)6-8-18-7-5-15-12(17)10-3-4-14-11(13)9-10/h3-4,9H,5-8H2,1-2H3,(H,15,17). The average molecular weight is 316 g/mol. The molecule has 0 radical (unpaired) electrons. The molecule has 1 rings (SSSR count). The molecule has 0 fully saturated rings. The molecule has 0 aromatic carbocycles. The Bertz CT molecular complexity index is 385. The molecule has 0 atom stereocenters. The van der Waals surface area contributed by atoms with Crippen LogP contribution in [-0.2, 0) is 4.74 Å².